The number of aliphatic carboxylic acids is 2. The number of esters is 2. The summed E-state index contributed by atoms with van der Waals surface area (Å²) in [6.45, 7) is 6.86. The van der Waals surface area contributed by atoms with Gasteiger partial charge in [0, 0.05) is 61.3 Å². The predicted octanol–water partition coefficient (Wildman–Crippen LogP) is 11.9. The molecule has 0 saturated heterocycles. The van der Waals surface area contributed by atoms with Crippen LogP contribution in [0.2, 0.25) is 30.1 Å². The van der Waals surface area contributed by atoms with Gasteiger partial charge in [-0.1, -0.05) is 136 Å². The molecule has 0 heterocycles. The van der Waals surface area contributed by atoms with Crippen LogP contribution in [0.5, 0.6) is 0 Å². The van der Waals surface area contributed by atoms with E-state index < -0.39 is 80.5 Å². The summed E-state index contributed by atoms with van der Waals surface area (Å²) in [7, 11) is 0. The molecule has 3 amide bonds. The highest BCUT2D eigenvalue weighted by molar-refractivity contribution is 6.41. The van der Waals surface area contributed by atoms with Crippen LogP contribution in [0.15, 0.2) is 152 Å². The molecule has 7 aromatic rings. The maximum atomic E-state index is 12.6. The van der Waals surface area contributed by atoms with Crippen LogP contribution in [0, 0.1) is 30.3 Å². The summed E-state index contributed by atoms with van der Waals surface area (Å²) in [6, 6.07) is 33.5. The normalized spacial score (nSPS) is 11.8. The molecule has 4 atom stereocenters. The number of nitro groups is 3. The first-order valence-electron chi connectivity index (χ1n) is 27.7. The molecule has 0 unspecified atom stereocenters. The number of hydrogen-bond donors (Lipinski definition) is 7. The van der Waals surface area contributed by atoms with Crippen LogP contribution >= 0.6 is 69.6 Å². The van der Waals surface area contributed by atoms with Crippen LogP contribution in [0.1, 0.15) is 81.0 Å². The standard InChI is InChI=1S/C19H18Cl2N2O5.C19H20Cl2N2O3.C16H12Cl2N2O5.C9H10N2O4/c1-11(2)28-19(25)16(10-12-6-8-13(9-7-12)23(26)27)22-18(24)17-14(20)4-3-5-15(17)21;1-11(2)26-19(25)16(10-12-6-8-13(22)9-7-12)23-18(24)17-14(20)4-3-5-15(17)21;17-11-2-1-3-12(18)14(11)15(21)19-13(16(22)23)8-9-4-6-10(7-5-9)20(24)25;10-8(9(12)13)5-6-1-3-7(4-2-6)11(14)15/h3-9,11,16H,10H2,1-2H3,(H,22,24);3-9,11,16H,10,22H2,1-2H3,(H,23,24);1-7,13H,8H2,(H,19,21)(H,22,23);1-4,8H,5,10H2,(H,12,13)/t2*16-;13-;8-/m0000/s1. The number of non-ortho nitro benzene ring substituents is 3. The lowest BCUT2D eigenvalue weighted by atomic mass is 10.0. The molecule has 25 nitrogen and oxygen atoms in total. The number of nitro benzene ring substituents is 3. The third kappa shape index (κ3) is 24.9. The average Bonchev–Trinajstić information content (AvgIpc) is 0.881. The Kier molecular flexibility index (Phi) is 30.5. The number of ether oxygens (including phenoxy) is 2. The van der Waals surface area contributed by atoms with Crippen molar-refractivity contribution in [2.75, 3.05) is 5.73 Å². The van der Waals surface area contributed by atoms with Gasteiger partial charge in [0.1, 0.15) is 24.2 Å². The number of halogens is 6. The molecule has 0 aliphatic heterocycles. The molecule has 0 aliphatic carbocycles. The lowest BCUT2D eigenvalue weighted by Gasteiger charge is -2.20. The molecule has 94 heavy (non-hydrogen) atoms. The second kappa shape index (κ2) is 37.3. The first kappa shape index (κ1) is 77.0. The smallest absolute Gasteiger partial charge is 0.329 e. The zero-order valence-corrected chi connectivity index (χ0v) is 54.5. The minimum Gasteiger partial charge on any atom is -0.480 e. The van der Waals surface area contributed by atoms with Crippen molar-refractivity contribution >= 4 is 134 Å². The summed E-state index contributed by atoms with van der Waals surface area (Å²) in [5, 5.41) is 58.2. The van der Waals surface area contributed by atoms with Crippen molar-refractivity contribution in [3.8, 4) is 0 Å². The van der Waals surface area contributed by atoms with E-state index in [1.807, 2.05) is 0 Å². The number of carboxylic acid groups (broad SMARTS) is 2. The zero-order chi connectivity index (χ0) is 70.1. The number of nitrogens with two attached hydrogens (primary N) is 2. The number of anilines is 1. The van der Waals surface area contributed by atoms with Gasteiger partial charge in [-0.05, 0) is 105 Å². The highest BCUT2D eigenvalue weighted by atomic mass is 35.5. The SMILES string of the molecule is CC(C)OC(=O)[C@H](Cc1ccc(N)cc1)NC(=O)c1c(Cl)cccc1Cl.CC(C)OC(=O)[C@H](Cc1ccc([N+](=O)[O-])cc1)NC(=O)c1c(Cl)cccc1Cl.N[C@@H](Cc1ccc([N+](=O)[O-])cc1)C(=O)O.O=C(N[C@@H](Cc1ccc([N+](=O)[O-])cc1)C(=O)O)c1c(Cl)cccc1Cl. The van der Waals surface area contributed by atoms with Crippen molar-refractivity contribution in [3.63, 3.8) is 0 Å². The number of benzene rings is 7. The number of nitrogens with one attached hydrogen (secondary N) is 3. The average molecular weight is 1410 g/mol. The fourth-order valence-corrected chi connectivity index (χ4v) is 9.72. The van der Waals surface area contributed by atoms with Crippen molar-refractivity contribution in [1.29, 1.82) is 0 Å². The van der Waals surface area contributed by atoms with E-state index >= 15 is 0 Å². The van der Waals surface area contributed by atoms with E-state index in [1.54, 1.807) is 82.3 Å². The predicted molar refractivity (Wildman–Crippen MR) is 354 cm³/mol. The van der Waals surface area contributed by atoms with Crippen molar-refractivity contribution in [3.05, 3.63) is 251 Å². The minimum absolute atomic E-state index is 0.0132. The summed E-state index contributed by atoms with van der Waals surface area (Å²) in [4.78, 5) is 114. The lowest BCUT2D eigenvalue weighted by molar-refractivity contribution is -0.385. The Morgan fingerprint density at radius 3 is 0.904 bits per heavy atom. The third-order valence-electron chi connectivity index (χ3n) is 12.6. The Bertz CT molecular complexity index is 3790. The van der Waals surface area contributed by atoms with Crippen molar-refractivity contribution in [1.82, 2.24) is 16.0 Å². The van der Waals surface area contributed by atoms with Crippen LogP contribution in [0.4, 0.5) is 22.7 Å². The molecule has 31 heteroatoms. The van der Waals surface area contributed by atoms with Crippen LogP contribution in [-0.4, -0.2) is 103 Å². The molecule has 0 saturated carbocycles. The van der Waals surface area contributed by atoms with E-state index in [2.05, 4.69) is 16.0 Å². The largest absolute Gasteiger partial charge is 0.480 e. The summed E-state index contributed by atoms with van der Waals surface area (Å²) in [5.41, 5.74) is 14.2. The molecule has 0 fully saturated rings. The molecule has 0 bridgehead atoms. The Balaban J connectivity index is 0.000000272. The first-order chi connectivity index (χ1) is 44.3. The number of rotatable bonds is 23. The van der Waals surface area contributed by atoms with Gasteiger partial charge in [-0.2, -0.15) is 0 Å². The van der Waals surface area contributed by atoms with E-state index in [9.17, 15) is 69.0 Å². The quantitative estimate of drug-likeness (QED) is 0.0135. The minimum atomic E-state index is -1.25. The van der Waals surface area contributed by atoms with Crippen LogP contribution < -0.4 is 27.4 Å². The molecule has 7 rings (SSSR count). The van der Waals surface area contributed by atoms with Gasteiger partial charge in [0.05, 0.1) is 73.8 Å². The molecule has 7 aromatic carbocycles. The first-order valence-corrected chi connectivity index (χ1v) is 29.9. The molecule has 0 aromatic heterocycles. The van der Waals surface area contributed by atoms with Crippen molar-refractivity contribution < 1.29 is 68.0 Å². The molecule has 496 valence electrons. The highest BCUT2D eigenvalue weighted by Crippen LogP contribution is 2.28. The van der Waals surface area contributed by atoms with Crippen LogP contribution in [-0.2, 0) is 54.3 Å². The summed E-state index contributed by atoms with van der Waals surface area (Å²) >= 11 is 36.1. The topological polar surface area (TPSA) is 396 Å². The van der Waals surface area contributed by atoms with E-state index in [1.165, 1.54) is 97.1 Å². The van der Waals surface area contributed by atoms with Gasteiger partial charge in [0.25, 0.3) is 34.8 Å². The second-order valence-electron chi connectivity index (χ2n) is 20.5. The van der Waals surface area contributed by atoms with Gasteiger partial charge >= 0.3 is 23.9 Å². The number of nitrogens with zero attached hydrogens (tertiary/aromatic N) is 3. The maximum Gasteiger partial charge on any atom is 0.329 e. The Labute approximate surface area is 567 Å². The Morgan fingerprint density at radius 2 is 0.660 bits per heavy atom. The number of carbonyl (C=O) groups is 7. The Morgan fingerprint density at radius 1 is 0.415 bits per heavy atom. The number of hydrogen-bond acceptors (Lipinski definition) is 17. The van der Waals surface area contributed by atoms with E-state index in [-0.39, 0.29) is 102 Å². The summed E-state index contributed by atoms with van der Waals surface area (Å²) in [6.07, 6.45) is -0.254. The fraction of sp³-hybridized carbons (Fsp3) is 0.222. The third-order valence-corrected chi connectivity index (χ3v) is 14.5. The fourth-order valence-electron chi connectivity index (χ4n) is 8.01. The van der Waals surface area contributed by atoms with Gasteiger partial charge in [-0.15, -0.1) is 0 Å². The van der Waals surface area contributed by atoms with Gasteiger partial charge in [0.15, 0.2) is 0 Å². The maximum absolute atomic E-state index is 12.6. The Hall–Kier alpha value is -9.47. The number of carboxylic acids is 2. The van der Waals surface area contributed by atoms with Gasteiger partial charge in [-0.3, -0.25) is 49.5 Å². The lowest BCUT2D eigenvalue weighted by Crippen LogP contribution is -2.44. The van der Waals surface area contributed by atoms with Gasteiger partial charge in [0.2, 0.25) is 0 Å². The van der Waals surface area contributed by atoms with Crippen molar-refractivity contribution in [2.45, 2.75) is 89.8 Å². The molecular formula is C63H60Cl6N8O17. The summed E-state index contributed by atoms with van der Waals surface area (Å²) in [5.74, 6) is -5.39. The number of carbonyl (C=O) groups excluding carboxylic acids is 5. The molecule has 9 N–H and O–H groups in total. The zero-order valence-electron chi connectivity index (χ0n) is 50.0. The summed E-state index contributed by atoms with van der Waals surface area (Å²) < 4.78 is 10.5. The van der Waals surface area contributed by atoms with Gasteiger partial charge < -0.3 is 47.1 Å². The van der Waals surface area contributed by atoms with Crippen LogP contribution in [0.3, 0.4) is 0 Å². The van der Waals surface area contributed by atoms with E-state index in [0.717, 1.165) is 5.56 Å². The van der Waals surface area contributed by atoms with Crippen LogP contribution in [0.25, 0.3) is 0 Å². The number of amides is 3. The highest BCUT2D eigenvalue weighted by Gasteiger charge is 2.29. The van der Waals surface area contributed by atoms with E-state index in [4.69, 9.17) is 95.7 Å². The molecule has 0 radical (unpaired) electrons. The van der Waals surface area contributed by atoms with Gasteiger partial charge in [-0.25, -0.2) is 14.4 Å². The molecule has 0 aliphatic rings. The number of nitrogen functional groups attached to an aromatic ring is 1. The van der Waals surface area contributed by atoms with E-state index in [0.29, 0.717) is 22.4 Å². The molecular weight excluding hydrogens is 1350 g/mol. The second-order valence-corrected chi connectivity index (χ2v) is 22.9. The monoisotopic (exact) mass is 1410 g/mol. The molecule has 0 spiro atoms. The van der Waals surface area contributed by atoms with Crippen molar-refractivity contribution in [2.24, 2.45) is 5.73 Å².